The molecule has 0 aliphatic carbocycles. The molecule has 1 aromatic rings. The summed E-state index contributed by atoms with van der Waals surface area (Å²) in [6.45, 7) is 17.8. The van der Waals surface area contributed by atoms with Crippen molar-refractivity contribution in [3.63, 3.8) is 0 Å². The molecule has 1 unspecified atom stereocenters. The van der Waals surface area contributed by atoms with E-state index in [9.17, 15) is 50.1 Å². The molecule has 1 aromatic carbocycles. The Labute approximate surface area is 455 Å². The third-order valence-electron chi connectivity index (χ3n) is 12.7. The summed E-state index contributed by atoms with van der Waals surface area (Å²) in [6, 6.07) is 0. The van der Waals surface area contributed by atoms with Gasteiger partial charge in [-0.1, -0.05) is 87.2 Å². The van der Waals surface area contributed by atoms with E-state index in [4.69, 9.17) is 61.1 Å². The van der Waals surface area contributed by atoms with Crippen molar-refractivity contribution in [1.82, 2.24) is 0 Å². The second kappa shape index (κ2) is 29.0. The van der Waals surface area contributed by atoms with Crippen molar-refractivity contribution in [3.05, 3.63) is 79.3 Å². The highest BCUT2D eigenvalue weighted by atomic mass is 35.5. The number of aliphatic hydroxyl groups is 5. The first-order valence-corrected chi connectivity index (χ1v) is 26.1. The minimum absolute atomic E-state index is 0.0482. The van der Waals surface area contributed by atoms with Crippen LogP contribution in [0, 0.1) is 5.92 Å². The minimum Gasteiger partial charge on any atom is -0.505 e. The van der Waals surface area contributed by atoms with Crippen molar-refractivity contribution in [2.24, 2.45) is 5.92 Å². The number of aromatic hydroxyl groups is 2. The molecule has 0 amide bonds. The number of hydrogen-bond acceptors (Lipinski definition) is 20. The van der Waals surface area contributed by atoms with Crippen LogP contribution >= 0.6 is 48.5 Å². The van der Waals surface area contributed by atoms with Crippen LogP contribution in [0.5, 0.6) is 11.5 Å². The molecule has 22 heteroatoms. The fraction of sp³-hybridized carbons (Fsp3) is 0.635. The van der Waals surface area contributed by atoms with Gasteiger partial charge in [0.2, 0.25) is 0 Å². The molecule has 0 spiro atoms. The maximum absolute atomic E-state index is 14.1. The molecule has 3 rings (SSSR count). The van der Waals surface area contributed by atoms with Gasteiger partial charge in [-0.2, -0.15) is 12.6 Å². The van der Waals surface area contributed by atoms with Crippen LogP contribution in [0.4, 0.5) is 0 Å². The number of methoxy groups -OCH3 is 1. The van der Waals surface area contributed by atoms with Crippen LogP contribution < -0.4 is 0 Å². The second-order valence-electron chi connectivity index (χ2n) is 19.3. The second-order valence-corrected chi connectivity index (χ2v) is 21.1. The molecule has 2 aliphatic rings. The van der Waals surface area contributed by atoms with Gasteiger partial charge in [0, 0.05) is 13.5 Å². The number of phenols is 2. The van der Waals surface area contributed by atoms with Crippen molar-refractivity contribution in [1.29, 1.82) is 0 Å². The molecular weight excluding hydrogens is 1050 g/mol. The summed E-state index contributed by atoms with van der Waals surface area (Å²) in [5, 5.41) is 76.7. The van der Waals surface area contributed by atoms with Crippen molar-refractivity contribution >= 4 is 66.4 Å². The topological polar surface area (TPSA) is 267 Å². The van der Waals surface area contributed by atoms with Crippen LogP contribution in [0.1, 0.15) is 118 Å². The van der Waals surface area contributed by atoms with Crippen LogP contribution in [0.3, 0.4) is 0 Å². The smallest absolute Gasteiger partial charge is 0.342 e. The van der Waals surface area contributed by atoms with Crippen LogP contribution in [0.25, 0.3) is 0 Å². The van der Waals surface area contributed by atoms with Crippen molar-refractivity contribution < 1.29 is 88.0 Å². The lowest BCUT2D eigenvalue weighted by molar-refractivity contribution is -0.331. The zero-order valence-electron chi connectivity index (χ0n) is 44.0. The third-order valence-corrected chi connectivity index (χ3v) is 14.5. The van der Waals surface area contributed by atoms with Gasteiger partial charge in [-0.05, 0) is 95.9 Å². The van der Waals surface area contributed by atoms with Gasteiger partial charge in [-0.3, -0.25) is 4.79 Å². The number of hydrogen-bond donors (Lipinski definition) is 9. The van der Waals surface area contributed by atoms with E-state index in [0.29, 0.717) is 24.0 Å². The van der Waals surface area contributed by atoms with Gasteiger partial charge in [-0.15, -0.1) is 12.6 Å². The fourth-order valence-electron chi connectivity index (χ4n) is 7.94. The first-order chi connectivity index (χ1) is 34.5. The van der Waals surface area contributed by atoms with E-state index in [-0.39, 0.29) is 35.4 Å². The van der Waals surface area contributed by atoms with Gasteiger partial charge in [-0.25, -0.2) is 9.59 Å². The zero-order chi connectivity index (χ0) is 56.2. The fourth-order valence-corrected chi connectivity index (χ4v) is 8.84. The van der Waals surface area contributed by atoms with E-state index in [1.807, 2.05) is 19.9 Å². The van der Waals surface area contributed by atoms with Gasteiger partial charge in [0.25, 0.3) is 0 Å². The van der Waals surface area contributed by atoms with Gasteiger partial charge in [0.1, 0.15) is 46.7 Å². The number of esters is 3. The predicted molar refractivity (Wildman–Crippen MR) is 283 cm³/mol. The molecule has 74 heavy (non-hydrogen) atoms. The van der Waals surface area contributed by atoms with E-state index in [2.05, 4.69) is 25.3 Å². The van der Waals surface area contributed by atoms with Crippen molar-refractivity contribution in [2.45, 2.75) is 192 Å². The number of ether oxygens (including phenoxy) is 8. The number of phenolic OH excluding ortho intramolecular Hbond substituents is 2. The summed E-state index contributed by atoms with van der Waals surface area (Å²) in [7, 11) is 1.25. The van der Waals surface area contributed by atoms with Crippen LogP contribution in [-0.2, 0) is 53.9 Å². The molecule has 7 N–H and O–H groups in total. The highest BCUT2D eigenvalue weighted by Crippen LogP contribution is 2.45. The lowest BCUT2D eigenvalue weighted by Gasteiger charge is -2.47. The number of halogens is 2. The Balaban J connectivity index is 1.86. The summed E-state index contributed by atoms with van der Waals surface area (Å²) in [4.78, 5) is 38.3. The number of allylic oxidation sites excluding steroid dienone is 4. The normalized spacial score (nSPS) is 27.1. The average molecular weight is 1120 g/mol. The molecule has 0 radical (unpaired) electrons. The molecule has 2 fully saturated rings. The number of aliphatic hydroxyl groups excluding tert-OH is 5. The van der Waals surface area contributed by atoms with Gasteiger partial charge >= 0.3 is 17.9 Å². The first-order valence-electron chi connectivity index (χ1n) is 24.4. The Kier molecular flexibility index (Phi) is 25.5. The largest absolute Gasteiger partial charge is 0.505 e. The monoisotopic (exact) mass is 1120 g/mol. The molecule has 0 bridgehead atoms. The number of carbonyl (C=O) groups excluding carboxylic acids is 3. The van der Waals surface area contributed by atoms with Gasteiger partial charge < -0.3 is 73.6 Å². The maximum Gasteiger partial charge on any atom is 0.342 e. The van der Waals surface area contributed by atoms with Crippen LogP contribution in [0.15, 0.2) is 58.1 Å². The Bertz CT molecular complexity index is 2250. The summed E-state index contributed by atoms with van der Waals surface area (Å²) in [6.07, 6.45) is -5.78. The predicted octanol–water partition coefficient (Wildman–Crippen LogP) is 7.14. The lowest BCUT2D eigenvalue weighted by Crippen LogP contribution is -2.64. The van der Waals surface area contributed by atoms with Crippen molar-refractivity contribution in [2.75, 3.05) is 13.7 Å². The van der Waals surface area contributed by atoms with E-state index in [1.165, 1.54) is 38.5 Å². The molecule has 2 aliphatic heterocycles. The molecule has 2 heterocycles. The molecule has 2 saturated heterocycles. The number of rotatable bonds is 24. The molecule has 18 nitrogen and oxygen atoms in total. The van der Waals surface area contributed by atoms with Crippen molar-refractivity contribution in [3.8, 4) is 11.5 Å². The first kappa shape index (κ1) is 65.1. The van der Waals surface area contributed by atoms with Gasteiger partial charge in [0.05, 0.1) is 41.4 Å². The molecule has 0 saturated carbocycles. The summed E-state index contributed by atoms with van der Waals surface area (Å²) in [5.41, 5.74) is 0.274. The van der Waals surface area contributed by atoms with Gasteiger partial charge in [0.15, 0.2) is 41.2 Å². The third kappa shape index (κ3) is 16.7. The molecule has 418 valence electrons. The quantitative estimate of drug-likeness (QED) is 0.0124. The van der Waals surface area contributed by atoms with E-state index < -0.39 is 137 Å². The minimum atomic E-state index is -1.82. The highest BCUT2D eigenvalue weighted by molar-refractivity contribution is 7.83. The zero-order valence-corrected chi connectivity index (χ0v) is 47.3. The summed E-state index contributed by atoms with van der Waals surface area (Å²) >= 11 is 21.0. The van der Waals surface area contributed by atoms with E-state index in [1.54, 1.807) is 60.6 Å². The maximum atomic E-state index is 14.1. The Morgan fingerprint density at radius 3 is 2.14 bits per heavy atom. The molecule has 0 aromatic heterocycles. The Morgan fingerprint density at radius 2 is 1.57 bits per heavy atom. The number of carbonyl (C=O) groups is 3. The number of thiol groups is 2. The Morgan fingerprint density at radius 1 is 0.919 bits per heavy atom. The van der Waals surface area contributed by atoms with Crippen LogP contribution in [0.2, 0.25) is 10.0 Å². The van der Waals surface area contributed by atoms with Crippen LogP contribution in [-0.4, -0.2) is 152 Å². The SMILES string of the molecule is CCC[C@@H](O[C@@H]1OC(C)(C)[C@@H](OC(=O)C(C)C)[C@H](O)[C@@H]1O)/C(C)=C/C(C)=C/C[C@@](S)(OC(=O)/C(=C/C=C/C[C@H](O)/C(C)=C/S)CO[C@@H]1O[C@H](C)[C@@H](OC(=O)c2c(O)c(Cl)c(O)c(Cl)c2CC)[C@H](O)[C@@H]1OC)C(C)O. The number of benzene rings is 1. The Hall–Kier alpha value is -3.19. The van der Waals surface area contributed by atoms with E-state index >= 15 is 0 Å². The lowest BCUT2D eigenvalue weighted by atomic mass is 9.89. The standard InChI is InChI=1S/C52H76Cl2O18S2/c1-13-17-34(68-49-41(60)40(59)45(51(10,11)72-49)70-46(62)25(3)4)27(6)22-26(5)20-21-52(74,30(9)55)71-47(63)31(18-15-16-19-33(56)28(7)24-73)23-66-50-44(65-12)42(61)43(29(8)67-50)69-48(64)35-32(14-2)36(53)39(58)37(54)38(35)57/h15-16,18,20,22,24-25,29-30,33-34,40-45,49-50,55-61,73-74H,13-14,17,19,21,23H2,1-12H3/b16-15+,26-20+,27-22+,28-24+,31-18+/t29-,30?,33+,34-,40-,41+,42+,43-,44+,45+,49-,50-,52+/m1/s1. The average Bonchev–Trinajstić information content (AvgIpc) is 3.34. The highest BCUT2D eigenvalue weighted by Gasteiger charge is 2.53. The summed E-state index contributed by atoms with van der Waals surface area (Å²) in [5.74, 6) is -4.50. The molecule has 13 atom stereocenters. The summed E-state index contributed by atoms with van der Waals surface area (Å²) < 4.78 is 47.1. The molecular formula is C52H76Cl2O18S2. The van der Waals surface area contributed by atoms with E-state index in [0.717, 1.165) is 5.57 Å².